The number of hydrogen-bond donors (Lipinski definition) is 0. The number of fused-ring (bicyclic) bond motifs is 6. The molecule has 4 heteroatoms. The maximum atomic E-state index is 13.0. The van der Waals surface area contributed by atoms with Crippen LogP contribution in [0.1, 0.15) is 70.4 Å². The number of rotatable bonds is 3. The molecule has 5 atom stereocenters. The van der Waals surface area contributed by atoms with Crippen LogP contribution in [0.2, 0.25) is 0 Å². The van der Waals surface area contributed by atoms with Gasteiger partial charge in [0.25, 0.3) is 0 Å². The topological polar surface area (TPSA) is 44.8 Å². The molecule has 0 aromatic heterocycles. The van der Waals surface area contributed by atoms with Crippen molar-refractivity contribution in [3.63, 3.8) is 0 Å². The molecular formula is C29H38O4. The van der Waals surface area contributed by atoms with Gasteiger partial charge in [0, 0.05) is 10.8 Å². The van der Waals surface area contributed by atoms with Crippen LogP contribution in [0.4, 0.5) is 0 Å². The number of esters is 1. The van der Waals surface area contributed by atoms with Gasteiger partial charge in [-0.05, 0) is 104 Å². The summed E-state index contributed by atoms with van der Waals surface area (Å²) >= 11 is 0. The Morgan fingerprint density at radius 1 is 0.879 bits per heavy atom. The number of ether oxygens (including phenoxy) is 3. The Kier molecular flexibility index (Phi) is 5.23. The van der Waals surface area contributed by atoms with E-state index >= 15 is 0 Å². The second kappa shape index (κ2) is 7.65. The fraction of sp³-hybridized carbons (Fsp3) is 0.621. The number of carbonyl (C=O) groups excluding carboxylic acids is 1. The van der Waals surface area contributed by atoms with Crippen LogP contribution in [-0.2, 0) is 21.4 Å². The third kappa shape index (κ3) is 2.98. The van der Waals surface area contributed by atoms with Gasteiger partial charge in [-0.2, -0.15) is 0 Å². The highest BCUT2D eigenvalue weighted by Gasteiger charge is 2.62. The third-order valence-electron chi connectivity index (χ3n) is 10.1. The number of benzene rings is 2. The highest BCUT2D eigenvalue weighted by molar-refractivity contribution is 5.95. The molecule has 3 aliphatic carbocycles. The van der Waals surface area contributed by atoms with Crippen molar-refractivity contribution in [2.75, 3.05) is 21.3 Å². The molecule has 0 amide bonds. The summed E-state index contributed by atoms with van der Waals surface area (Å²) in [6.45, 7) is 7.14. The van der Waals surface area contributed by atoms with Crippen LogP contribution in [-0.4, -0.2) is 27.3 Å². The standard InChI is InChI=1S/C29H38O4/c1-27-15-12-25-28(2,13-7-14-29(25,3)26(30)33-6)24(27)11-8-18-16-19-20(17-21(18)27)23(32-5)10-9-22(19)31-4/h9-10,16-17,24-25H,7-8,11-15H2,1-6H3/t24?,25-,27+,28-,29+/m1/s1. The van der Waals surface area contributed by atoms with Crippen LogP contribution in [0.15, 0.2) is 24.3 Å². The molecule has 1 unspecified atom stereocenters. The average Bonchev–Trinajstić information content (AvgIpc) is 2.81. The Labute approximate surface area is 198 Å². The predicted molar refractivity (Wildman–Crippen MR) is 131 cm³/mol. The van der Waals surface area contributed by atoms with Crippen LogP contribution in [0.3, 0.4) is 0 Å². The van der Waals surface area contributed by atoms with E-state index < -0.39 is 0 Å². The summed E-state index contributed by atoms with van der Waals surface area (Å²) in [5.41, 5.74) is 2.78. The van der Waals surface area contributed by atoms with Crippen LogP contribution < -0.4 is 9.47 Å². The molecule has 0 saturated heterocycles. The minimum Gasteiger partial charge on any atom is -0.496 e. The molecule has 0 spiro atoms. The molecule has 0 bridgehead atoms. The van der Waals surface area contributed by atoms with E-state index in [0.717, 1.165) is 54.4 Å². The summed E-state index contributed by atoms with van der Waals surface area (Å²) in [5.74, 6) is 2.71. The summed E-state index contributed by atoms with van der Waals surface area (Å²) in [6, 6.07) is 8.76. The highest BCUT2D eigenvalue weighted by Crippen LogP contribution is 2.67. The fourth-order valence-corrected chi connectivity index (χ4v) is 8.55. The van der Waals surface area contributed by atoms with Crippen molar-refractivity contribution in [1.29, 1.82) is 0 Å². The number of carbonyl (C=O) groups is 1. The van der Waals surface area contributed by atoms with Crippen LogP contribution in [0.5, 0.6) is 11.5 Å². The molecule has 0 radical (unpaired) electrons. The minimum atomic E-state index is -0.372. The van der Waals surface area contributed by atoms with E-state index in [0.29, 0.717) is 11.8 Å². The van der Waals surface area contributed by atoms with Crippen LogP contribution in [0.25, 0.3) is 10.8 Å². The number of hydrogen-bond acceptors (Lipinski definition) is 4. The van der Waals surface area contributed by atoms with E-state index in [9.17, 15) is 4.79 Å². The van der Waals surface area contributed by atoms with E-state index in [1.54, 1.807) is 21.3 Å². The first-order valence-electron chi connectivity index (χ1n) is 12.5. The first kappa shape index (κ1) is 22.6. The fourth-order valence-electron chi connectivity index (χ4n) is 8.55. The summed E-state index contributed by atoms with van der Waals surface area (Å²) in [4.78, 5) is 13.0. The Balaban J connectivity index is 1.64. The van der Waals surface area contributed by atoms with Crippen molar-refractivity contribution in [2.24, 2.45) is 22.7 Å². The smallest absolute Gasteiger partial charge is 0.311 e. The van der Waals surface area contributed by atoms with E-state index in [4.69, 9.17) is 14.2 Å². The molecule has 0 N–H and O–H groups in total. The van der Waals surface area contributed by atoms with Crippen molar-refractivity contribution in [1.82, 2.24) is 0 Å². The minimum absolute atomic E-state index is 0.0129. The number of methoxy groups -OCH3 is 3. The second-order valence-corrected chi connectivity index (χ2v) is 11.4. The molecule has 33 heavy (non-hydrogen) atoms. The molecule has 178 valence electrons. The lowest BCUT2D eigenvalue weighted by atomic mass is 9.40. The average molecular weight is 451 g/mol. The van der Waals surface area contributed by atoms with E-state index in [1.807, 2.05) is 12.1 Å². The molecule has 4 nitrogen and oxygen atoms in total. The Hall–Kier alpha value is -2.23. The van der Waals surface area contributed by atoms with Crippen LogP contribution >= 0.6 is 0 Å². The van der Waals surface area contributed by atoms with E-state index in [2.05, 4.69) is 32.9 Å². The van der Waals surface area contributed by atoms with Crippen molar-refractivity contribution in [3.05, 3.63) is 35.4 Å². The van der Waals surface area contributed by atoms with Gasteiger partial charge in [0.05, 0.1) is 26.7 Å². The molecule has 5 rings (SSSR count). The SMILES string of the molecule is COC(=O)[C@@]1(C)CCC[C@]2(C)C3CCc4cc5c(OC)ccc(OC)c5cc4[C@]3(C)CC[C@@H]12. The van der Waals surface area contributed by atoms with Gasteiger partial charge in [-0.15, -0.1) is 0 Å². The Morgan fingerprint density at radius 3 is 2.18 bits per heavy atom. The maximum absolute atomic E-state index is 13.0. The number of aryl methyl sites for hydroxylation is 1. The van der Waals surface area contributed by atoms with Crippen molar-refractivity contribution in [3.8, 4) is 11.5 Å². The molecule has 3 aliphatic rings. The summed E-state index contributed by atoms with van der Waals surface area (Å²) < 4.78 is 16.8. The second-order valence-electron chi connectivity index (χ2n) is 11.4. The van der Waals surface area contributed by atoms with Crippen molar-refractivity contribution < 1.29 is 19.0 Å². The molecule has 2 aromatic carbocycles. The van der Waals surface area contributed by atoms with Gasteiger partial charge < -0.3 is 14.2 Å². The normalized spacial score (nSPS) is 35.2. The largest absolute Gasteiger partial charge is 0.496 e. The van der Waals surface area contributed by atoms with Gasteiger partial charge in [0.2, 0.25) is 0 Å². The molecule has 2 aromatic rings. The lowest BCUT2D eigenvalue weighted by Crippen LogP contribution is -2.59. The predicted octanol–water partition coefficient (Wildman–Crippen LogP) is 6.46. The lowest BCUT2D eigenvalue weighted by molar-refractivity contribution is -0.175. The van der Waals surface area contributed by atoms with E-state index in [-0.39, 0.29) is 22.2 Å². The molecule has 2 saturated carbocycles. The Bertz CT molecular complexity index is 1110. The Morgan fingerprint density at radius 2 is 1.55 bits per heavy atom. The zero-order valence-corrected chi connectivity index (χ0v) is 21.0. The summed E-state index contributed by atoms with van der Waals surface area (Å²) in [5, 5.41) is 2.27. The lowest BCUT2D eigenvalue weighted by Gasteiger charge is -2.63. The van der Waals surface area contributed by atoms with E-state index in [1.165, 1.54) is 24.0 Å². The molecule has 0 heterocycles. The summed E-state index contributed by atoms with van der Waals surface area (Å²) in [7, 11) is 5.03. The zero-order valence-electron chi connectivity index (χ0n) is 21.0. The quantitative estimate of drug-likeness (QED) is 0.504. The molecule has 0 aliphatic heterocycles. The van der Waals surface area contributed by atoms with Gasteiger partial charge in [0.1, 0.15) is 11.5 Å². The first-order chi connectivity index (χ1) is 15.7. The maximum Gasteiger partial charge on any atom is 0.311 e. The van der Waals surface area contributed by atoms with Gasteiger partial charge in [-0.3, -0.25) is 4.79 Å². The third-order valence-corrected chi connectivity index (χ3v) is 10.1. The van der Waals surface area contributed by atoms with Crippen molar-refractivity contribution in [2.45, 2.75) is 71.1 Å². The van der Waals surface area contributed by atoms with Gasteiger partial charge in [0.15, 0.2) is 0 Å². The first-order valence-corrected chi connectivity index (χ1v) is 12.5. The van der Waals surface area contributed by atoms with Gasteiger partial charge in [-0.1, -0.05) is 20.3 Å². The molecule has 2 fully saturated rings. The van der Waals surface area contributed by atoms with Gasteiger partial charge >= 0.3 is 5.97 Å². The summed E-state index contributed by atoms with van der Waals surface area (Å²) in [6.07, 6.45) is 7.67. The monoisotopic (exact) mass is 450 g/mol. The molecular weight excluding hydrogens is 412 g/mol. The highest BCUT2D eigenvalue weighted by atomic mass is 16.5. The van der Waals surface area contributed by atoms with Crippen LogP contribution in [0, 0.1) is 22.7 Å². The van der Waals surface area contributed by atoms with Gasteiger partial charge in [-0.25, -0.2) is 0 Å². The zero-order chi connectivity index (χ0) is 23.6. The van der Waals surface area contributed by atoms with Crippen molar-refractivity contribution >= 4 is 16.7 Å².